The minimum Gasteiger partial charge on any atom is -0.422 e. The van der Waals surface area contributed by atoms with Crippen LogP contribution in [0.25, 0.3) is 11.2 Å². The van der Waals surface area contributed by atoms with E-state index in [1.54, 1.807) is 11.5 Å². The third kappa shape index (κ3) is 0.865. The summed E-state index contributed by atoms with van der Waals surface area (Å²) < 4.78 is 6.92. The monoisotopic (exact) mass is 191 g/mol. The highest BCUT2D eigenvalue weighted by atomic mass is 16.4. The van der Waals surface area contributed by atoms with Gasteiger partial charge in [-0.1, -0.05) is 0 Å². The number of hydrogen-bond acceptors (Lipinski definition) is 4. The first-order chi connectivity index (χ1) is 6.75. The predicted molar refractivity (Wildman–Crippen MR) is 49.1 cm³/mol. The summed E-state index contributed by atoms with van der Waals surface area (Å²) in [5.41, 5.74) is 0.660. The Kier molecular flexibility index (Phi) is 1.34. The Hall–Kier alpha value is -1.65. The van der Waals surface area contributed by atoms with Crippen molar-refractivity contribution in [2.45, 2.75) is 26.3 Å². The van der Waals surface area contributed by atoms with E-state index in [0.717, 1.165) is 25.2 Å². The summed E-state index contributed by atoms with van der Waals surface area (Å²) in [6.45, 7) is 2.47. The second-order valence-corrected chi connectivity index (χ2v) is 3.48. The first-order valence-electron chi connectivity index (χ1n) is 4.62. The molecule has 0 saturated heterocycles. The summed E-state index contributed by atoms with van der Waals surface area (Å²) in [5, 5.41) is 0. The highest BCUT2D eigenvalue weighted by molar-refractivity contribution is 5.66. The Bertz CT molecular complexity index is 567. The number of hydrogen-bond donors (Lipinski definition) is 0. The van der Waals surface area contributed by atoms with E-state index >= 15 is 0 Å². The van der Waals surface area contributed by atoms with Gasteiger partial charge in [0.05, 0.1) is 0 Å². The van der Waals surface area contributed by atoms with Gasteiger partial charge in [-0.2, -0.15) is 4.98 Å². The van der Waals surface area contributed by atoms with Crippen LogP contribution >= 0.6 is 0 Å². The van der Waals surface area contributed by atoms with Crippen molar-refractivity contribution in [1.82, 2.24) is 14.5 Å². The summed E-state index contributed by atoms with van der Waals surface area (Å²) in [7, 11) is 0. The Morgan fingerprint density at radius 2 is 2.29 bits per heavy atom. The molecule has 0 bridgehead atoms. The fourth-order valence-electron chi connectivity index (χ4n) is 1.87. The van der Waals surface area contributed by atoms with Gasteiger partial charge in [0.2, 0.25) is 0 Å². The van der Waals surface area contributed by atoms with Gasteiger partial charge in [-0.3, -0.25) is 9.36 Å². The minimum atomic E-state index is -0.0700. The molecule has 1 aliphatic heterocycles. The van der Waals surface area contributed by atoms with Gasteiger partial charge in [0.25, 0.3) is 11.3 Å². The Morgan fingerprint density at radius 3 is 3.14 bits per heavy atom. The molecule has 3 heterocycles. The maximum Gasteiger partial charge on any atom is 0.283 e. The van der Waals surface area contributed by atoms with Crippen molar-refractivity contribution in [3.63, 3.8) is 0 Å². The van der Waals surface area contributed by atoms with Crippen LogP contribution in [0.2, 0.25) is 0 Å². The maximum atomic E-state index is 11.8. The summed E-state index contributed by atoms with van der Waals surface area (Å²) in [4.78, 5) is 20.1. The van der Waals surface area contributed by atoms with Crippen molar-refractivity contribution < 1.29 is 4.42 Å². The van der Waals surface area contributed by atoms with Crippen molar-refractivity contribution in [3.05, 3.63) is 22.1 Å². The normalized spacial score (nSPS) is 14.9. The summed E-state index contributed by atoms with van der Waals surface area (Å²) in [6, 6.07) is 0. The number of aryl methyl sites for hydroxylation is 2. The van der Waals surface area contributed by atoms with Gasteiger partial charge in [-0.05, 0) is 6.42 Å². The zero-order chi connectivity index (χ0) is 9.71. The molecule has 2 aromatic rings. The third-order valence-electron chi connectivity index (χ3n) is 2.49. The average molecular weight is 191 g/mol. The molecule has 2 aromatic heterocycles. The van der Waals surface area contributed by atoms with E-state index < -0.39 is 0 Å². The number of oxazole rings is 1. The molecule has 5 nitrogen and oxygen atoms in total. The average Bonchev–Trinajstić information content (AvgIpc) is 2.71. The highest BCUT2D eigenvalue weighted by Crippen LogP contribution is 2.14. The number of nitrogens with zero attached hydrogens (tertiary/aromatic N) is 3. The lowest BCUT2D eigenvalue weighted by molar-refractivity contribution is 0.548. The van der Waals surface area contributed by atoms with Crippen LogP contribution in [-0.4, -0.2) is 14.5 Å². The highest BCUT2D eigenvalue weighted by Gasteiger charge is 2.18. The van der Waals surface area contributed by atoms with Crippen LogP contribution in [0.4, 0.5) is 0 Å². The molecule has 0 atom stereocenters. The van der Waals surface area contributed by atoms with Gasteiger partial charge >= 0.3 is 0 Å². The van der Waals surface area contributed by atoms with E-state index in [2.05, 4.69) is 9.97 Å². The van der Waals surface area contributed by atoms with E-state index in [0.29, 0.717) is 17.1 Å². The second-order valence-electron chi connectivity index (χ2n) is 3.48. The molecule has 0 aliphatic carbocycles. The van der Waals surface area contributed by atoms with Crippen LogP contribution in [0, 0.1) is 6.92 Å². The number of aromatic nitrogens is 3. The van der Waals surface area contributed by atoms with Crippen molar-refractivity contribution in [3.8, 4) is 0 Å². The first kappa shape index (κ1) is 7.73. The van der Waals surface area contributed by atoms with E-state index in [4.69, 9.17) is 4.42 Å². The molecular formula is C9H9N3O2. The Balaban J connectivity index is 2.49. The molecule has 1 aliphatic rings. The van der Waals surface area contributed by atoms with Crippen LogP contribution in [0.1, 0.15) is 18.1 Å². The second kappa shape index (κ2) is 2.43. The van der Waals surface area contributed by atoms with Gasteiger partial charge in [0, 0.05) is 19.9 Å². The van der Waals surface area contributed by atoms with Crippen LogP contribution in [0.5, 0.6) is 0 Å². The van der Waals surface area contributed by atoms with E-state index in [1.807, 2.05) is 0 Å². The van der Waals surface area contributed by atoms with Gasteiger partial charge < -0.3 is 4.42 Å². The van der Waals surface area contributed by atoms with Crippen LogP contribution < -0.4 is 5.56 Å². The third-order valence-corrected chi connectivity index (χ3v) is 2.49. The molecular weight excluding hydrogens is 182 g/mol. The molecule has 72 valence electrons. The molecule has 14 heavy (non-hydrogen) atoms. The van der Waals surface area contributed by atoms with Crippen LogP contribution in [0.15, 0.2) is 9.21 Å². The number of fused-ring (bicyclic) bond motifs is 2. The largest absolute Gasteiger partial charge is 0.422 e. The molecule has 0 fully saturated rings. The molecule has 0 spiro atoms. The van der Waals surface area contributed by atoms with E-state index in [-0.39, 0.29) is 5.56 Å². The maximum absolute atomic E-state index is 11.8. The molecule has 0 aromatic carbocycles. The topological polar surface area (TPSA) is 60.9 Å². The van der Waals surface area contributed by atoms with Gasteiger partial charge in [0.15, 0.2) is 11.4 Å². The summed E-state index contributed by atoms with van der Waals surface area (Å²) in [6.07, 6.45) is 1.83. The Labute approximate surface area is 79.4 Å². The zero-order valence-electron chi connectivity index (χ0n) is 7.78. The van der Waals surface area contributed by atoms with Crippen molar-refractivity contribution in [2.75, 3.05) is 0 Å². The lowest BCUT2D eigenvalue weighted by atomic mass is 10.4. The van der Waals surface area contributed by atoms with Gasteiger partial charge in [0.1, 0.15) is 5.82 Å². The van der Waals surface area contributed by atoms with Crippen LogP contribution in [-0.2, 0) is 13.0 Å². The molecule has 0 N–H and O–H groups in total. The van der Waals surface area contributed by atoms with Gasteiger partial charge in [-0.25, -0.2) is 4.98 Å². The van der Waals surface area contributed by atoms with Crippen molar-refractivity contribution in [1.29, 1.82) is 0 Å². The quantitative estimate of drug-likeness (QED) is 0.613. The van der Waals surface area contributed by atoms with Crippen molar-refractivity contribution in [2.24, 2.45) is 0 Å². The summed E-state index contributed by atoms with van der Waals surface area (Å²) >= 11 is 0. The first-order valence-corrected chi connectivity index (χ1v) is 4.62. The van der Waals surface area contributed by atoms with E-state index in [9.17, 15) is 4.79 Å². The standard InChI is InChI=1S/C9H9N3O2/c1-5-10-7-8(14-5)11-6-3-2-4-12(6)9(7)13/h2-4H2,1H3. The smallest absolute Gasteiger partial charge is 0.283 e. The molecule has 0 unspecified atom stereocenters. The summed E-state index contributed by atoms with van der Waals surface area (Å²) in [5.74, 6) is 1.31. The molecule has 0 saturated carbocycles. The van der Waals surface area contributed by atoms with Crippen LogP contribution in [0.3, 0.4) is 0 Å². The molecule has 0 amide bonds. The molecule has 3 rings (SSSR count). The van der Waals surface area contributed by atoms with Gasteiger partial charge in [-0.15, -0.1) is 0 Å². The molecule has 5 heteroatoms. The lowest BCUT2D eigenvalue weighted by Crippen LogP contribution is -2.20. The Morgan fingerprint density at radius 1 is 1.43 bits per heavy atom. The molecule has 0 radical (unpaired) electrons. The predicted octanol–water partition coefficient (Wildman–Crippen LogP) is 0.639. The fourth-order valence-corrected chi connectivity index (χ4v) is 1.87. The van der Waals surface area contributed by atoms with E-state index in [1.165, 1.54) is 0 Å². The van der Waals surface area contributed by atoms with Crippen molar-refractivity contribution >= 4 is 11.2 Å². The number of rotatable bonds is 0. The fraction of sp³-hybridized carbons (Fsp3) is 0.444. The lowest BCUT2D eigenvalue weighted by Gasteiger charge is -1.98. The SMILES string of the molecule is Cc1nc2c(=O)n3c(nc2o1)CCC3. The minimum absolute atomic E-state index is 0.0700. The zero-order valence-corrected chi connectivity index (χ0v) is 7.78.